The molecule has 1 aliphatic rings. The fourth-order valence-corrected chi connectivity index (χ4v) is 3.08. The van der Waals surface area contributed by atoms with Crippen molar-refractivity contribution in [3.8, 4) is 0 Å². The summed E-state index contributed by atoms with van der Waals surface area (Å²) in [4.78, 5) is 0. The molecule has 0 aliphatic carbocycles. The average molecular weight is 259 g/mol. The van der Waals surface area contributed by atoms with Gasteiger partial charge in [-0.3, -0.25) is 0 Å². The lowest BCUT2D eigenvalue weighted by Crippen LogP contribution is -2.40. The second-order valence-electron chi connectivity index (χ2n) is 5.75. The van der Waals surface area contributed by atoms with Crippen LogP contribution >= 0.6 is 11.8 Å². The summed E-state index contributed by atoms with van der Waals surface area (Å²) in [5.74, 6) is 2.01. The Morgan fingerprint density at radius 1 is 1.47 bits per heavy atom. The molecule has 1 N–H and O–H groups in total. The third-order valence-electron chi connectivity index (χ3n) is 3.88. The second-order valence-corrected chi connectivity index (χ2v) is 6.73. The van der Waals surface area contributed by atoms with Crippen LogP contribution in [0, 0.1) is 11.3 Å². The van der Waals surface area contributed by atoms with Gasteiger partial charge in [0.2, 0.25) is 0 Å². The lowest BCUT2D eigenvalue weighted by atomic mass is 9.77. The fraction of sp³-hybridized carbons (Fsp3) is 1.00. The molecule has 2 nitrogen and oxygen atoms in total. The van der Waals surface area contributed by atoms with Gasteiger partial charge in [-0.05, 0) is 50.7 Å². The molecule has 0 aromatic carbocycles. The highest BCUT2D eigenvalue weighted by molar-refractivity contribution is 7.98. The average Bonchev–Trinajstić information content (AvgIpc) is 2.61. The van der Waals surface area contributed by atoms with E-state index in [4.69, 9.17) is 4.74 Å². The first-order valence-corrected chi connectivity index (χ1v) is 8.31. The van der Waals surface area contributed by atoms with Crippen LogP contribution in [0.15, 0.2) is 0 Å². The van der Waals surface area contributed by atoms with Crippen molar-refractivity contribution in [3.05, 3.63) is 0 Å². The summed E-state index contributed by atoms with van der Waals surface area (Å²) in [6.07, 6.45) is 6.47. The molecule has 0 aromatic rings. The maximum absolute atomic E-state index is 5.81. The Bertz CT molecular complexity index is 210. The molecule has 2 atom stereocenters. The Balaban J connectivity index is 2.41. The van der Waals surface area contributed by atoms with Crippen LogP contribution in [0.5, 0.6) is 0 Å². The van der Waals surface area contributed by atoms with Gasteiger partial charge in [-0.15, -0.1) is 0 Å². The number of hydrogen-bond donors (Lipinski definition) is 1. The van der Waals surface area contributed by atoms with Crippen molar-refractivity contribution >= 4 is 11.8 Å². The van der Waals surface area contributed by atoms with Crippen LogP contribution in [0.25, 0.3) is 0 Å². The van der Waals surface area contributed by atoms with Crippen LogP contribution < -0.4 is 5.32 Å². The van der Waals surface area contributed by atoms with Gasteiger partial charge in [-0.2, -0.15) is 11.8 Å². The SMILES string of the molecule is CSCCCC1(CNCC(C)C)CCOC1C. The van der Waals surface area contributed by atoms with Gasteiger partial charge in [0.1, 0.15) is 0 Å². The first-order chi connectivity index (χ1) is 8.10. The molecule has 17 heavy (non-hydrogen) atoms. The molecule has 1 heterocycles. The van der Waals surface area contributed by atoms with Gasteiger partial charge in [0.15, 0.2) is 0 Å². The zero-order valence-corrected chi connectivity index (χ0v) is 12.7. The minimum absolute atomic E-state index is 0.393. The van der Waals surface area contributed by atoms with Gasteiger partial charge in [0.05, 0.1) is 6.10 Å². The van der Waals surface area contributed by atoms with E-state index >= 15 is 0 Å². The maximum Gasteiger partial charge on any atom is 0.0616 e. The number of ether oxygens (including phenoxy) is 1. The van der Waals surface area contributed by atoms with Crippen molar-refractivity contribution in [2.45, 2.75) is 46.1 Å². The summed E-state index contributed by atoms with van der Waals surface area (Å²) in [5, 5.41) is 3.64. The Labute approximate surface area is 111 Å². The summed E-state index contributed by atoms with van der Waals surface area (Å²) in [5.41, 5.74) is 0.393. The van der Waals surface area contributed by atoms with Gasteiger partial charge in [-0.1, -0.05) is 13.8 Å². The zero-order valence-electron chi connectivity index (χ0n) is 11.9. The lowest BCUT2D eigenvalue weighted by molar-refractivity contribution is 0.0579. The van der Waals surface area contributed by atoms with Crippen molar-refractivity contribution in [2.75, 3.05) is 31.7 Å². The summed E-state index contributed by atoms with van der Waals surface area (Å²) in [7, 11) is 0. The van der Waals surface area contributed by atoms with E-state index in [1.807, 2.05) is 11.8 Å². The Morgan fingerprint density at radius 2 is 2.24 bits per heavy atom. The van der Waals surface area contributed by atoms with Crippen molar-refractivity contribution in [1.29, 1.82) is 0 Å². The first-order valence-electron chi connectivity index (χ1n) is 6.92. The van der Waals surface area contributed by atoms with E-state index in [0.29, 0.717) is 11.5 Å². The molecule has 0 bridgehead atoms. The summed E-state index contributed by atoms with van der Waals surface area (Å²) >= 11 is 1.95. The van der Waals surface area contributed by atoms with Crippen molar-refractivity contribution < 1.29 is 4.74 Å². The van der Waals surface area contributed by atoms with Crippen molar-refractivity contribution in [3.63, 3.8) is 0 Å². The number of thioether (sulfide) groups is 1. The molecule has 2 unspecified atom stereocenters. The van der Waals surface area contributed by atoms with Crippen LogP contribution in [0.2, 0.25) is 0 Å². The number of rotatable bonds is 8. The first kappa shape index (κ1) is 15.3. The van der Waals surface area contributed by atoms with Gasteiger partial charge in [0, 0.05) is 18.6 Å². The Kier molecular flexibility index (Phi) is 6.90. The van der Waals surface area contributed by atoms with E-state index in [1.165, 1.54) is 25.0 Å². The Morgan fingerprint density at radius 3 is 2.76 bits per heavy atom. The summed E-state index contributed by atoms with van der Waals surface area (Å²) in [6, 6.07) is 0. The minimum Gasteiger partial charge on any atom is -0.378 e. The predicted molar refractivity (Wildman–Crippen MR) is 77.8 cm³/mol. The van der Waals surface area contributed by atoms with Gasteiger partial charge in [-0.25, -0.2) is 0 Å². The Hall–Kier alpha value is 0.270. The minimum atomic E-state index is 0.393. The van der Waals surface area contributed by atoms with Gasteiger partial charge in [0.25, 0.3) is 0 Å². The summed E-state index contributed by atoms with van der Waals surface area (Å²) in [6.45, 7) is 9.98. The number of hydrogen-bond acceptors (Lipinski definition) is 3. The predicted octanol–water partition coefficient (Wildman–Crippen LogP) is 3.17. The van der Waals surface area contributed by atoms with E-state index in [-0.39, 0.29) is 0 Å². The molecule has 0 spiro atoms. The van der Waals surface area contributed by atoms with E-state index in [1.54, 1.807) is 0 Å². The highest BCUT2D eigenvalue weighted by Gasteiger charge is 2.40. The molecule has 1 rings (SSSR count). The molecule has 102 valence electrons. The molecule has 3 heteroatoms. The highest BCUT2D eigenvalue weighted by atomic mass is 32.2. The molecule has 0 radical (unpaired) electrons. The van der Waals surface area contributed by atoms with Gasteiger partial charge < -0.3 is 10.1 Å². The van der Waals surface area contributed by atoms with E-state index in [0.717, 1.165) is 25.6 Å². The normalized spacial score (nSPS) is 29.1. The van der Waals surface area contributed by atoms with Crippen molar-refractivity contribution in [2.24, 2.45) is 11.3 Å². The maximum atomic E-state index is 5.81. The van der Waals surface area contributed by atoms with Crippen molar-refractivity contribution in [1.82, 2.24) is 5.32 Å². The molecular formula is C14H29NOS. The molecule has 0 saturated carbocycles. The quantitative estimate of drug-likeness (QED) is 0.677. The molecular weight excluding hydrogens is 230 g/mol. The smallest absolute Gasteiger partial charge is 0.0616 e. The molecule has 1 aliphatic heterocycles. The largest absolute Gasteiger partial charge is 0.378 e. The fourth-order valence-electron chi connectivity index (χ4n) is 2.65. The van der Waals surface area contributed by atoms with E-state index in [2.05, 4.69) is 32.3 Å². The van der Waals surface area contributed by atoms with Crippen LogP contribution in [0.3, 0.4) is 0 Å². The monoisotopic (exact) mass is 259 g/mol. The zero-order chi connectivity index (χ0) is 12.7. The van der Waals surface area contributed by atoms with Gasteiger partial charge >= 0.3 is 0 Å². The topological polar surface area (TPSA) is 21.3 Å². The van der Waals surface area contributed by atoms with E-state index < -0.39 is 0 Å². The molecule has 0 amide bonds. The molecule has 1 saturated heterocycles. The van der Waals surface area contributed by atoms with Crippen LogP contribution in [-0.2, 0) is 4.74 Å². The van der Waals surface area contributed by atoms with Crippen LogP contribution in [0.4, 0.5) is 0 Å². The highest BCUT2D eigenvalue weighted by Crippen LogP contribution is 2.39. The summed E-state index contributed by atoms with van der Waals surface area (Å²) < 4.78 is 5.81. The van der Waals surface area contributed by atoms with Crippen LogP contribution in [-0.4, -0.2) is 37.8 Å². The third-order valence-corrected chi connectivity index (χ3v) is 4.58. The molecule has 1 fully saturated rings. The van der Waals surface area contributed by atoms with E-state index in [9.17, 15) is 0 Å². The second kappa shape index (κ2) is 7.65. The third kappa shape index (κ3) is 4.80. The van der Waals surface area contributed by atoms with Crippen LogP contribution in [0.1, 0.15) is 40.0 Å². The number of nitrogens with one attached hydrogen (secondary N) is 1. The molecule has 0 aromatic heterocycles. The lowest BCUT2D eigenvalue weighted by Gasteiger charge is -2.33. The standard InChI is InChI=1S/C14H29NOS/c1-12(2)10-15-11-14(6-5-9-17-4)7-8-16-13(14)3/h12-13,15H,5-11H2,1-4H3.